The molecule has 25 valence electrons. The molecule has 0 amide bonds. The van der Waals surface area contributed by atoms with Crippen LogP contribution in [0.2, 0.25) is 0 Å². The van der Waals surface area contributed by atoms with Crippen molar-refractivity contribution in [2.45, 2.75) is 6.92 Å². The van der Waals surface area contributed by atoms with Crippen LogP contribution in [0.4, 0.5) is 0 Å². The minimum absolute atomic E-state index is 0.500. The molecule has 0 fully saturated rings. The van der Waals surface area contributed by atoms with E-state index in [1.54, 1.807) is 6.92 Å². The van der Waals surface area contributed by atoms with Crippen LogP contribution in [0.25, 0.3) is 0 Å². The van der Waals surface area contributed by atoms with Crippen molar-refractivity contribution < 1.29 is 24.3 Å². The van der Waals surface area contributed by atoms with Gasteiger partial charge in [0.05, 0.1) is 0 Å². The zero-order valence-corrected chi connectivity index (χ0v) is 4.76. The molecular weight excluding hydrogens is 133 g/mol. The average molecular weight is 138 g/mol. The van der Waals surface area contributed by atoms with Gasteiger partial charge in [0.25, 0.3) is 0 Å². The summed E-state index contributed by atoms with van der Waals surface area (Å²) < 4.78 is 8.30. The Hall–Kier alpha value is 0.540. The number of rotatable bonds is 0. The maximum absolute atomic E-state index is 8.30. The van der Waals surface area contributed by atoms with E-state index >= 15 is 0 Å². The van der Waals surface area contributed by atoms with E-state index in [0.29, 0.717) is 21.0 Å². The molecule has 2 heteroatoms. The van der Waals surface area contributed by atoms with E-state index < -0.39 is 0 Å². The summed E-state index contributed by atoms with van der Waals surface area (Å²) in [6.07, 6.45) is 0. The van der Waals surface area contributed by atoms with Gasteiger partial charge in [-0.05, 0) is 0 Å². The molecule has 0 saturated heterocycles. The van der Waals surface area contributed by atoms with Gasteiger partial charge >= 0.3 is 24.3 Å². The molecule has 0 bridgehead atoms. The van der Waals surface area contributed by atoms with E-state index in [1.807, 2.05) is 0 Å². The fourth-order valence-electron chi connectivity index (χ4n) is 0. The molecule has 0 saturated carbocycles. The molecule has 4 heavy (non-hydrogen) atoms. The van der Waals surface area contributed by atoms with Gasteiger partial charge in [-0.2, -0.15) is 6.92 Å². The second-order valence-corrected chi connectivity index (χ2v) is 0. The van der Waals surface area contributed by atoms with Crippen LogP contribution in [0.5, 0.6) is 0 Å². The van der Waals surface area contributed by atoms with Crippen molar-refractivity contribution in [1.29, 1.82) is 0 Å². The Labute approximate surface area is 38.7 Å². The van der Waals surface area contributed by atoms with Gasteiger partial charge in [0, 0.05) is 0 Å². The third-order valence-electron chi connectivity index (χ3n) is 0. The molecule has 0 aliphatic heterocycles. The SMILES string of the molecule is [CH2-]C.[O]=[Nb]. The van der Waals surface area contributed by atoms with Crippen LogP contribution in [-0.4, -0.2) is 0 Å². The molecule has 0 aliphatic carbocycles. The van der Waals surface area contributed by atoms with Crippen molar-refractivity contribution in [3.05, 3.63) is 6.92 Å². The predicted octanol–water partition coefficient (Wildman–Crippen LogP) is 0.719. The predicted molar refractivity (Wildman–Crippen MR) is 11.7 cm³/mol. The van der Waals surface area contributed by atoms with Gasteiger partial charge in [-0.3, -0.25) is 0 Å². The Morgan fingerprint density at radius 1 is 1.50 bits per heavy atom. The summed E-state index contributed by atoms with van der Waals surface area (Å²) in [7, 11) is 0. The quantitative estimate of drug-likeness (QED) is 0.356. The van der Waals surface area contributed by atoms with Crippen LogP contribution in [0.1, 0.15) is 6.92 Å². The van der Waals surface area contributed by atoms with Crippen molar-refractivity contribution >= 4 is 0 Å². The number of hydrogen-bond acceptors (Lipinski definition) is 1. The van der Waals surface area contributed by atoms with Gasteiger partial charge < -0.3 is 6.92 Å². The van der Waals surface area contributed by atoms with Crippen LogP contribution >= 0.6 is 0 Å². The van der Waals surface area contributed by atoms with Crippen molar-refractivity contribution in [2.75, 3.05) is 0 Å². The Bertz CT molecular complexity index is 6.00. The molecule has 0 aliphatic rings. The van der Waals surface area contributed by atoms with E-state index in [0.717, 1.165) is 0 Å². The monoisotopic (exact) mass is 138 g/mol. The second-order valence-electron chi connectivity index (χ2n) is 0. The van der Waals surface area contributed by atoms with Gasteiger partial charge in [-0.25, -0.2) is 0 Å². The first-order valence-electron chi connectivity index (χ1n) is 0.890. The zero-order valence-electron chi connectivity index (χ0n) is 2.56. The van der Waals surface area contributed by atoms with Crippen molar-refractivity contribution in [3.63, 3.8) is 0 Å². The first-order chi connectivity index (χ1) is 2.00. The minimum atomic E-state index is 0.500. The average Bonchev–Trinajstić information content (AvgIpc) is 1.50. The summed E-state index contributed by atoms with van der Waals surface area (Å²) in [5.74, 6) is 0. The topological polar surface area (TPSA) is 17.1 Å². The van der Waals surface area contributed by atoms with Crippen molar-refractivity contribution in [1.82, 2.24) is 0 Å². The van der Waals surface area contributed by atoms with Crippen LogP contribution in [-0.2, 0) is 24.3 Å². The standard InChI is InChI=1S/C2H5.Nb.O/c1-2;;/h1H2,2H3;;/q-1;;. The summed E-state index contributed by atoms with van der Waals surface area (Å²) in [6.45, 7) is 5.00. The molecule has 0 unspecified atom stereocenters. The molecule has 0 N–H and O–H groups in total. The molecule has 0 atom stereocenters. The molecule has 0 heterocycles. The summed E-state index contributed by atoms with van der Waals surface area (Å²) >= 11 is 0.500. The normalized spacial score (nSPS) is 2.25. The van der Waals surface area contributed by atoms with Crippen molar-refractivity contribution in [2.24, 2.45) is 0 Å². The molecule has 1 nitrogen and oxygen atoms in total. The first kappa shape index (κ1) is 8.82. The van der Waals surface area contributed by atoms with E-state index in [9.17, 15) is 0 Å². The Balaban J connectivity index is 0. The Kier molecular flexibility index (Phi) is 173. The Morgan fingerprint density at radius 3 is 1.50 bits per heavy atom. The molecule has 0 aromatic carbocycles. The summed E-state index contributed by atoms with van der Waals surface area (Å²) in [5, 5.41) is 0. The number of hydrogen-bond donors (Lipinski definition) is 0. The third kappa shape index (κ3) is 20.6. The van der Waals surface area contributed by atoms with E-state index in [4.69, 9.17) is 3.25 Å². The maximum atomic E-state index is 8.30. The van der Waals surface area contributed by atoms with E-state index in [-0.39, 0.29) is 0 Å². The van der Waals surface area contributed by atoms with Crippen LogP contribution in [0.3, 0.4) is 0 Å². The van der Waals surface area contributed by atoms with Gasteiger partial charge in [0.1, 0.15) is 0 Å². The zero-order chi connectivity index (χ0) is 4.00. The third-order valence-corrected chi connectivity index (χ3v) is 0. The van der Waals surface area contributed by atoms with E-state index in [2.05, 4.69) is 6.92 Å². The van der Waals surface area contributed by atoms with Crippen LogP contribution in [0.15, 0.2) is 0 Å². The fourth-order valence-corrected chi connectivity index (χ4v) is 0. The first-order valence-corrected chi connectivity index (χ1v) is 1.79. The van der Waals surface area contributed by atoms with Gasteiger partial charge in [0.2, 0.25) is 0 Å². The summed E-state index contributed by atoms with van der Waals surface area (Å²) in [6, 6.07) is 0. The van der Waals surface area contributed by atoms with Crippen LogP contribution < -0.4 is 0 Å². The Morgan fingerprint density at radius 2 is 1.50 bits per heavy atom. The van der Waals surface area contributed by atoms with Gasteiger partial charge in [0.15, 0.2) is 0 Å². The molecule has 0 aromatic heterocycles. The molecule has 0 radical (unpaired) electrons. The summed E-state index contributed by atoms with van der Waals surface area (Å²) in [4.78, 5) is 0. The molecule has 0 rings (SSSR count). The fraction of sp³-hybridized carbons (Fsp3) is 0.500. The molecule has 0 spiro atoms. The molecular formula is C2H5NbO-. The summed E-state index contributed by atoms with van der Waals surface area (Å²) in [5.41, 5.74) is 0. The van der Waals surface area contributed by atoms with E-state index in [1.165, 1.54) is 0 Å². The van der Waals surface area contributed by atoms with Crippen molar-refractivity contribution in [3.8, 4) is 0 Å². The van der Waals surface area contributed by atoms with Crippen LogP contribution in [0, 0.1) is 6.92 Å². The second kappa shape index (κ2) is 78.3. The van der Waals surface area contributed by atoms with Gasteiger partial charge in [-0.1, -0.05) is 0 Å². The van der Waals surface area contributed by atoms with Gasteiger partial charge in [-0.15, -0.1) is 0 Å². The molecule has 0 aromatic rings.